The zero-order chi connectivity index (χ0) is 11.1. The highest BCUT2D eigenvalue weighted by atomic mass is 32.3. The summed E-state index contributed by atoms with van der Waals surface area (Å²) in [5, 5.41) is 2.61. The molecular formula is C6H13NO5S. The van der Waals surface area contributed by atoms with Gasteiger partial charge in [0.1, 0.15) is 0 Å². The normalized spacial score (nSPS) is 9.54. The van der Waals surface area contributed by atoms with E-state index < -0.39 is 10.4 Å². The third-order valence-electron chi connectivity index (χ3n) is 0.725. The lowest BCUT2D eigenvalue weighted by Crippen LogP contribution is -2.22. The van der Waals surface area contributed by atoms with Gasteiger partial charge >= 0.3 is 10.4 Å². The molecular weight excluding hydrogens is 198 g/mol. The van der Waals surface area contributed by atoms with Crippen molar-refractivity contribution in [3.05, 3.63) is 12.2 Å². The number of likely N-dealkylation sites (N-methyl/N-ethyl adjacent to an activating group) is 1. The molecule has 78 valence electrons. The molecule has 0 aliphatic heterocycles. The van der Waals surface area contributed by atoms with Gasteiger partial charge in [-0.2, -0.15) is 8.42 Å². The fraction of sp³-hybridized carbons (Fsp3) is 0.500. The SMILES string of the molecule is C=C(C)C(=O)NCC.O=S(=O)(O)O. The second-order valence-corrected chi connectivity index (χ2v) is 2.98. The number of nitrogens with one attached hydrogen (secondary N) is 1. The molecule has 0 rings (SSSR count). The molecule has 0 atom stereocenters. The highest BCUT2D eigenvalue weighted by molar-refractivity contribution is 7.79. The Morgan fingerprint density at radius 1 is 1.46 bits per heavy atom. The molecule has 6 nitrogen and oxygen atoms in total. The maximum atomic E-state index is 10.5. The van der Waals surface area contributed by atoms with Gasteiger partial charge in [0, 0.05) is 12.1 Å². The second kappa shape index (κ2) is 6.58. The summed E-state index contributed by atoms with van der Waals surface area (Å²) in [6, 6.07) is 0. The van der Waals surface area contributed by atoms with Crippen molar-refractivity contribution in [2.24, 2.45) is 0 Å². The maximum Gasteiger partial charge on any atom is 0.394 e. The monoisotopic (exact) mass is 211 g/mol. The molecule has 0 aromatic rings. The van der Waals surface area contributed by atoms with Gasteiger partial charge in [0.25, 0.3) is 0 Å². The third-order valence-corrected chi connectivity index (χ3v) is 0.725. The Kier molecular flexibility index (Phi) is 7.39. The fourth-order valence-corrected chi connectivity index (χ4v) is 0.311. The Morgan fingerprint density at radius 3 is 1.85 bits per heavy atom. The van der Waals surface area contributed by atoms with Crippen LogP contribution in [0.15, 0.2) is 12.2 Å². The number of hydrogen-bond donors (Lipinski definition) is 3. The molecule has 0 aromatic heterocycles. The van der Waals surface area contributed by atoms with E-state index in [1.807, 2.05) is 6.92 Å². The minimum Gasteiger partial charge on any atom is -0.353 e. The van der Waals surface area contributed by atoms with Crippen LogP contribution in [0.3, 0.4) is 0 Å². The van der Waals surface area contributed by atoms with Crippen molar-refractivity contribution in [1.29, 1.82) is 0 Å². The van der Waals surface area contributed by atoms with E-state index >= 15 is 0 Å². The van der Waals surface area contributed by atoms with E-state index in [4.69, 9.17) is 17.5 Å². The smallest absolute Gasteiger partial charge is 0.353 e. The molecule has 3 N–H and O–H groups in total. The predicted octanol–water partition coefficient (Wildman–Crippen LogP) is 0.0458. The van der Waals surface area contributed by atoms with Gasteiger partial charge in [-0.25, -0.2) is 0 Å². The summed E-state index contributed by atoms with van der Waals surface area (Å²) in [6.45, 7) is 7.70. The zero-order valence-corrected chi connectivity index (χ0v) is 8.26. The van der Waals surface area contributed by atoms with Gasteiger partial charge in [0.2, 0.25) is 5.91 Å². The molecule has 0 fully saturated rings. The van der Waals surface area contributed by atoms with Crippen molar-refractivity contribution >= 4 is 16.3 Å². The predicted molar refractivity (Wildman–Crippen MR) is 47.7 cm³/mol. The van der Waals surface area contributed by atoms with E-state index in [1.165, 1.54) is 0 Å². The van der Waals surface area contributed by atoms with E-state index in [9.17, 15) is 4.79 Å². The first-order valence-electron chi connectivity index (χ1n) is 3.32. The molecule has 0 bridgehead atoms. The Hall–Kier alpha value is -0.920. The van der Waals surface area contributed by atoms with Gasteiger partial charge < -0.3 is 5.32 Å². The molecule has 0 radical (unpaired) electrons. The molecule has 0 aliphatic rings. The molecule has 0 unspecified atom stereocenters. The van der Waals surface area contributed by atoms with E-state index in [-0.39, 0.29) is 5.91 Å². The van der Waals surface area contributed by atoms with Crippen molar-refractivity contribution in [1.82, 2.24) is 5.32 Å². The van der Waals surface area contributed by atoms with E-state index in [2.05, 4.69) is 11.9 Å². The molecule has 13 heavy (non-hydrogen) atoms. The summed E-state index contributed by atoms with van der Waals surface area (Å²) in [4.78, 5) is 10.5. The van der Waals surface area contributed by atoms with Crippen LogP contribution in [0, 0.1) is 0 Å². The first kappa shape index (κ1) is 14.6. The summed E-state index contributed by atoms with van der Waals surface area (Å²) < 4.78 is 31.6. The van der Waals surface area contributed by atoms with Crippen LogP contribution in [-0.4, -0.2) is 30.0 Å². The molecule has 7 heteroatoms. The average molecular weight is 211 g/mol. The number of rotatable bonds is 2. The largest absolute Gasteiger partial charge is 0.394 e. The second-order valence-electron chi connectivity index (χ2n) is 2.09. The summed E-state index contributed by atoms with van der Waals surface area (Å²) in [7, 11) is -4.67. The van der Waals surface area contributed by atoms with Crippen molar-refractivity contribution in [2.75, 3.05) is 6.54 Å². The zero-order valence-electron chi connectivity index (χ0n) is 7.44. The van der Waals surface area contributed by atoms with Crippen molar-refractivity contribution in [3.63, 3.8) is 0 Å². The van der Waals surface area contributed by atoms with Crippen LogP contribution in [0.1, 0.15) is 13.8 Å². The van der Waals surface area contributed by atoms with E-state index in [0.29, 0.717) is 12.1 Å². The maximum absolute atomic E-state index is 10.5. The van der Waals surface area contributed by atoms with Crippen LogP contribution in [-0.2, 0) is 15.2 Å². The van der Waals surface area contributed by atoms with E-state index in [1.54, 1.807) is 6.92 Å². The first-order chi connectivity index (χ1) is 5.68. The minimum atomic E-state index is -4.67. The molecule has 0 saturated heterocycles. The minimum absolute atomic E-state index is 0.0625. The third kappa shape index (κ3) is 24.7. The van der Waals surface area contributed by atoms with Crippen molar-refractivity contribution in [3.8, 4) is 0 Å². The summed E-state index contributed by atoms with van der Waals surface area (Å²) in [6.07, 6.45) is 0. The molecule has 0 aromatic carbocycles. The quantitative estimate of drug-likeness (QED) is 0.442. The van der Waals surface area contributed by atoms with Crippen LogP contribution in [0.2, 0.25) is 0 Å². The molecule has 1 amide bonds. The summed E-state index contributed by atoms with van der Waals surface area (Å²) in [5.74, 6) is -0.0625. The van der Waals surface area contributed by atoms with Gasteiger partial charge in [-0.3, -0.25) is 13.9 Å². The summed E-state index contributed by atoms with van der Waals surface area (Å²) >= 11 is 0. The molecule has 0 heterocycles. The average Bonchev–Trinajstić information content (AvgIpc) is 1.84. The Labute approximate surface area is 77.2 Å². The van der Waals surface area contributed by atoms with Gasteiger partial charge in [-0.1, -0.05) is 6.58 Å². The molecule has 0 aliphatic carbocycles. The molecule has 0 spiro atoms. The van der Waals surface area contributed by atoms with Crippen molar-refractivity contribution in [2.45, 2.75) is 13.8 Å². The van der Waals surface area contributed by atoms with Crippen LogP contribution < -0.4 is 5.32 Å². The van der Waals surface area contributed by atoms with Gasteiger partial charge in [-0.15, -0.1) is 0 Å². The van der Waals surface area contributed by atoms with Crippen LogP contribution in [0.5, 0.6) is 0 Å². The Morgan fingerprint density at radius 2 is 1.77 bits per heavy atom. The van der Waals surface area contributed by atoms with E-state index in [0.717, 1.165) is 0 Å². The topological polar surface area (TPSA) is 104 Å². The number of carbonyl (C=O) groups is 1. The highest BCUT2D eigenvalue weighted by Crippen LogP contribution is 1.82. The standard InChI is InChI=1S/C6H11NO.H2O4S/c1-4-7-6(8)5(2)3;1-5(2,3)4/h2,4H2,1,3H3,(H,7,8);(H2,1,2,3,4). The van der Waals surface area contributed by atoms with Gasteiger partial charge in [-0.05, 0) is 13.8 Å². The Balaban J connectivity index is 0. The first-order valence-corrected chi connectivity index (χ1v) is 4.71. The van der Waals surface area contributed by atoms with Gasteiger partial charge in [0.05, 0.1) is 0 Å². The lowest BCUT2D eigenvalue weighted by atomic mass is 10.3. The number of carbonyl (C=O) groups excluding carboxylic acids is 1. The molecule has 0 saturated carbocycles. The lowest BCUT2D eigenvalue weighted by molar-refractivity contribution is -0.117. The van der Waals surface area contributed by atoms with Crippen LogP contribution in [0.25, 0.3) is 0 Å². The number of hydrogen-bond acceptors (Lipinski definition) is 3. The van der Waals surface area contributed by atoms with Crippen LogP contribution >= 0.6 is 0 Å². The van der Waals surface area contributed by atoms with Crippen LogP contribution in [0.4, 0.5) is 0 Å². The number of amides is 1. The summed E-state index contributed by atoms with van der Waals surface area (Å²) in [5.41, 5.74) is 0.562. The highest BCUT2D eigenvalue weighted by Gasteiger charge is 1.95. The Bertz CT molecular complexity index is 261. The van der Waals surface area contributed by atoms with Gasteiger partial charge in [0.15, 0.2) is 0 Å². The van der Waals surface area contributed by atoms with Crippen molar-refractivity contribution < 1.29 is 22.3 Å². The lowest BCUT2D eigenvalue weighted by Gasteiger charge is -1.97. The fourth-order valence-electron chi connectivity index (χ4n) is 0.311.